The Morgan fingerprint density at radius 3 is 2.29 bits per heavy atom. The van der Waals surface area contributed by atoms with Gasteiger partial charge in [0.15, 0.2) is 0 Å². The summed E-state index contributed by atoms with van der Waals surface area (Å²) in [6.45, 7) is 4.27. The Balaban J connectivity index is 1.77. The molecule has 2 unspecified atom stereocenters. The lowest BCUT2D eigenvalue weighted by atomic mass is 9.90. The summed E-state index contributed by atoms with van der Waals surface area (Å²) in [4.78, 5) is 15.1. The highest BCUT2D eigenvalue weighted by atomic mass is 16.3. The molecule has 21 heavy (non-hydrogen) atoms. The number of nitrogens with one attached hydrogen (secondary N) is 1. The van der Waals surface area contributed by atoms with Crippen LogP contribution in [0, 0.1) is 11.8 Å². The number of hydrogen-bond donors (Lipinski definition) is 2. The molecule has 3 fully saturated rings. The maximum atomic E-state index is 12.9. The highest BCUT2D eigenvalue weighted by molar-refractivity contribution is 5.85. The molecule has 2 atom stereocenters. The van der Waals surface area contributed by atoms with E-state index in [0.29, 0.717) is 23.8 Å². The SMILES string of the molecule is CC(C)C1NC(C2CCCC2)N(C2CCC(O)CC2)C1=O. The third-order valence-corrected chi connectivity index (χ3v) is 5.74. The van der Waals surface area contributed by atoms with Crippen molar-refractivity contribution in [3.8, 4) is 0 Å². The Morgan fingerprint density at radius 1 is 1.10 bits per heavy atom. The average Bonchev–Trinajstić information content (AvgIpc) is 3.07. The zero-order chi connectivity index (χ0) is 15.0. The van der Waals surface area contributed by atoms with Crippen LogP contribution in [0.3, 0.4) is 0 Å². The van der Waals surface area contributed by atoms with E-state index in [-0.39, 0.29) is 18.3 Å². The molecule has 1 heterocycles. The van der Waals surface area contributed by atoms with E-state index in [1.165, 1.54) is 25.7 Å². The first-order valence-corrected chi connectivity index (χ1v) is 8.84. The van der Waals surface area contributed by atoms with Crippen LogP contribution < -0.4 is 5.32 Å². The second-order valence-corrected chi connectivity index (χ2v) is 7.59. The summed E-state index contributed by atoms with van der Waals surface area (Å²) in [5, 5.41) is 13.4. The third-order valence-electron chi connectivity index (χ3n) is 5.74. The number of nitrogens with zero attached hydrogens (tertiary/aromatic N) is 1. The van der Waals surface area contributed by atoms with Crippen molar-refractivity contribution in [1.82, 2.24) is 10.2 Å². The zero-order valence-electron chi connectivity index (χ0n) is 13.4. The molecule has 0 aromatic carbocycles. The van der Waals surface area contributed by atoms with E-state index in [2.05, 4.69) is 24.1 Å². The highest BCUT2D eigenvalue weighted by Crippen LogP contribution is 2.36. The molecule has 0 radical (unpaired) electrons. The second-order valence-electron chi connectivity index (χ2n) is 7.59. The highest BCUT2D eigenvalue weighted by Gasteiger charge is 2.47. The van der Waals surface area contributed by atoms with Crippen LogP contribution in [0.1, 0.15) is 65.2 Å². The lowest BCUT2D eigenvalue weighted by molar-refractivity contribution is -0.134. The van der Waals surface area contributed by atoms with E-state index < -0.39 is 0 Å². The number of aliphatic hydroxyl groups is 1. The third kappa shape index (κ3) is 2.98. The molecule has 0 bridgehead atoms. The van der Waals surface area contributed by atoms with Gasteiger partial charge >= 0.3 is 0 Å². The monoisotopic (exact) mass is 294 g/mol. The molecule has 4 nitrogen and oxygen atoms in total. The molecule has 0 aromatic heterocycles. The van der Waals surface area contributed by atoms with Crippen molar-refractivity contribution in [1.29, 1.82) is 0 Å². The first-order chi connectivity index (χ1) is 10.1. The smallest absolute Gasteiger partial charge is 0.241 e. The number of hydrogen-bond acceptors (Lipinski definition) is 3. The Morgan fingerprint density at radius 2 is 1.71 bits per heavy atom. The fourth-order valence-corrected chi connectivity index (χ4v) is 4.49. The summed E-state index contributed by atoms with van der Waals surface area (Å²) in [7, 11) is 0. The molecule has 1 saturated heterocycles. The lowest BCUT2D eigenvalue weighted by Crippen LogP contribution is -2.49. The van der Waals surface area contributed by atoms with Crippen LogP contribution in [0.25, 0.3) is 0 Å². The Labute approximate surface area is 128 Å². The van der Waals surface area contributed by atoms with Crippen LogP contribution in [0.4, 0.5) is 0 Å². The van der Waals surface area contributed by atoms with Gasteiger partial charge in [-0.1, -0.05) is 26.7 Å². The van der Waals surface area contributed by atoms with Crippen LogP contribution in [-0.2, 0) is 4.79 Å². The maximum Gasteiger partial charge on any atom is 0.241 e. The van der Waals surface area contributed by atoms with Gasteiger partial charge in [0.25, 0.3) is 0 Å². The van der Waals surface area contributed by atoms with Crippen molar-refractivity contribution in [3.63, 3.8) is 0 Å². The summed E-state index contributed by atoms with van der Waals surface area (Å²) in [6.07, 6.45) is 8.82. The summed E-state index contributed by atoms with van der Waals surface area (Å²) >= 11 is 0. The van der Waals surface area contributed by atoms with E-state index in [9.17, 15) is 9.90 Å². The summed E-state index contributed by atoms with van der Waals surface area (Å²) in [5.41, 5.74) is 0. The summed E-state index contributed by atoms with van der Waals surface area (Å²) in [5.74, 6) is 1.29. The number of carbonyl (C=O) groups excluding carboxylic acids is 1. The fourth-order valence-electron chi connectivity index (χ4n) is 4.49. The second kappa shape index (κ2) is 6.25. The van der Waals surface area contributed by atoms with Gasteiger partial charge in [0.1, 0.15) is 0 Å². The number of aliphatic hydroxyl groups excluding tert-OH is 1. The Kier molecular flexibility index (Phi) is 4.55. The topological polar surface area (TPSA) is 52.6 Å². The van der Waals surface area contributed by atoms with E-state index >= 15 is 0 Å². The molecule has 2 N–H and O–H groups in total. The quantitative estimate of drug-likeness (QED) is 0.839. The summed E-state index contributed by atoms with van der Waals surface area (Å²) < 4.78 is 0. The van der Waals surface area contributed by atoms with E-state index in [4.69, 9.17) is 0 Å². The van der Waals surface area contributed by atoms with Crippen LogP contribution >= 0.6 is 0 Å². The molecule has 3 aliphatic rings. The molecule has 3 rings (SSSR count). The number of rotatable bonds is 3. The van der Waals surface area contributed by atoms with Gasteiger partial charge in [-0.05, 0) is 50.4 Å². The predicted molar refractivity (Wildman–Crippen MR) is 82.6 cm³/mol. The molecule has 2 saturated carbocycles. The Hall–Kier alpha value is -0.610. The predicted octanol–water partition coefficient (Wildman–Crippen LogP) is 2.26. The molecule has 1 aliphatic heterocycles. The molecule has 0 spiro atoms. The van der Waals surface area contributed by atoms with Crippen molar-refractivity contribution >= 4 is 5.91 Å². The standard InChI is InChI=1S/C17H30N2O2/c1-11(2)15-17(21)19(13-7-9-14(20)10-8-13)16(18-15)12-5-3-4-6-12/h11-16,18,20H,3-10H2,1-2H3. The van der Waals surface area contributed by atoms with Crippen LogP contribution in [0.5, 0.6) is 0 Å². The first-order valence-electron chi connectivity index (χ1n) is 8.84. The van der Waals surface area contributed by atoms with Crippen molar-refractivity contribution in [2.45, 2.75) is 89.6 Å². The van der Waals surface area contributed by atoms with Crippen molar-refractivity contribution in [2.24, 2.45) is 11.8 Å². The van der Waals surface area contributed by atoms with Gasteiger partial charge in [-0.25, -0.2) is 0 Å². The van der Waals surface area contributed by atoms with Gasteiger partial charge in [-0.2, -0.15) is 0 Å². The van der Waals surface area contributed by atoms with Crippen LogP contribution in [-0.4, -0.2) is 40.3 Å². The van der Waals surface area contributed by atoms with Crippen molar-refractivity contribution in [3.05, 3.63) is 0 Å². The normalized spacial score (nSPS) is 38.7. The Bertz CT molecular complexity index is 371. The minimum Gasteiger partial charge on any atom is -0.393 e. The van der Waals surface area contributed by atoms with E-state index in [1.807, 2.05) is 0 Å². The molecule has 0 aromatic rings. The van der Waals surface area contributed by atoms with Gasteiger partial charge in [-0.3, -0.25) is 10.1 Å². The molecular weight excluding hydrogens is 264 g/mol. The van der Waals surface area contributed by atoms with Gasteiger partial charge in [0, 0.05) is 6.04 Å². The van der Waals surface area contributed by atoms with Gasteiger partial charge in [0.05, 0.1) is 18.3 Å². The fraction of sp³-hybridized carbons (Fsp3) is 0.941. The minimum atomic E-state index is -0.155. The summed E-state index contributed by atoms with van der Waals surface area (Å²) in [6, 6.07) is 0.324. The number of amides is 1. The molecule has 1 amide bonds. The average molecular weight is 294 g/mol. The lowest BCUT2D eigenvalue weighted by Gasteiger charge is -2.38. The van der Waals surface area contributed by atoms with E-state index in [1.54, 1.807) is 0 Å². The first kappa shape index (κ1) is 15.3. The molecule has 120 valence electrons. The number of carbonyl (C=O) groups is 1. The van der Waals surface area contributed by atoms with Gasteiger partial charge in [0.2, 0.25) is 5.91 Å². The molecular formula is C17H30N2O2. The molecule has 4 heteroatoms. The van der Waals surface area contributed by atoms with Gasteiger partial charge in [-0.15, -0.1) is 0 Å². The van der Waals surface area contributed by atoms with Gasteiger partial charge < -0.3 is 10.0 Å². The zero-order valence-corrected chi connectivity index (χ0v) is 13.4. The van der Waals surface area contributed by atoms with Crippen LogP contribution in [0.15, 0.2) is 0 Å². The molecule has 2 aliphatic carbocycles. The minimum absolute atomic E-state index is 0.0116. The van der Waals surface area contributed by atoms with E-state index in [0.717, 1.165) is 25.7 Å². The maximum absolute atomic E-state index is 12.9. The van der Waals surface area contributed by atoms with Crippen molar-refractivity contribution < 1.29 is 9.90 Å². The van der Waals surface area contributed by atoms with Crippen LogP contribution in [0.2, 0.25) is 0 Å². The largest absolute Gasteiger partial charge is 0.393 e. The van der Waals surface area contributed by atoms with Crippen molar-refractivity contribution in [2.75, 3.05) is 0 Å².